The van der Waals surface area contributed by atoms with Crippen LogP contribution in [0.15, 0.2) is 49.1 Å². The van der Waals surface area contributed by atoms with Gasteiger partial charge in [0.05, 0.1) is 6.54 Å². The van der Waals surface area contributed by atoms with Gasteiger partial charge in [-0.2, -0.15) is 11.8 Å². The first-order valence-electron chi connectivity index (χ1n) is 8.62. The summed E-state index contributed by atoms with van der Waals surface area (Å²) in [6, 6.07) is 8.55. The second-order valence-corrected chi connectivity index (χ2v) is 7.16. The largest absolute Gasteiger partial charge is 0.339 e. The topological polar surface area (TPSA) is 87.5 Å². The van der Waals surface area contributed by atoms with Gasteiger partial charge in [0.25, 0.3) is 0 Å². The van der Waals surface area contributed by atoms with Crippen LogP contribution in [0.4, 0.5) is 10.5 Å². The van der Waals surface area contributed by atoms with Crippen LogP contribution in [0.2, 0.25) is 0 Å². The molecule has 0 spiro atoms. The van der Waals surface area contributed by atoms with Crippen molar-refractivity contribution in [3.8, 4) is 0 Å². The molecule has 2 heterocycles. The van der Waals surface area contributed by atoms with Crippen molar-refractivity contribution in [3.63, 3.8) is 0 Å². The Morgan fingerprint density at radius 3 is 2.56 bits per heavy atom. The summed E-state index contributed by atoms with van der Waals surface area (Å²) in [7, 11) is 0. The summed E-state index contributed by atoms with van der Waals surface area (Å²) >= 11 is 1.82. The van der Waals surface area contributed by atoms with E-state index >= 15 is 0 Å². The SMILES string of the molecule is O=C(CN(C(=O)CNC(=O)n1ccnc1)c1ccccc1)N1CCSCC1. The molecule has 0 bridgehead atoms. The molecule has 0 radical (unpaired) electrons. The Kier molecular flexibility index (Phi) is 6.48. The van der Waals surface area contributed by atoms with E-state index in [4.69, 9.17) is 0 Å². The minimum atomic E-state index is -0.451. The van der Waals surface area contributed by atoms with Crippen molar-refractivity contribution in [2.45, 2.75) is 0 Å². The van der Waals surface area contributed by atoms with Crippen LogP contribution in [0.3, 0.4) is 0 Å². The number of nitrogens with zero attached hydrogens (tertiary/aromatic N) is 4. The number of anilines is 1. The maximum absolute atomic E-state index is 12.7. The Hall–Kier alpha value is -2.81. The summed E-state index contributed by atoms with van der Waals surface area (Å²) in [5.74, 6) is 1.38. The molecule has 8 nitrogen and oxygen atoms in total. The molecule has 1 N–H and O–H groups in total. The van der Waals surface area contributed by atoms with Crippen LogP contribution in [0.25, 0.3) is 0 Å². The van der Waals surface area contributed by atoms with Gasteiger partial charge in [-0.3, -0.25) is 14.2 Å². The van der Waals surface area contributed by atoms with Crippen molar-refractivity contribution < 1.29 is 14.4 Å². The van der Waals surface area contributed by atoms with Gasteiger partial charge < -0.3 is 15.1 Å². The van der Waals surface area contributed by atoms with Gasteiger partial charge in [0.1, 0.15) is 12.9 Å². The molecule has 27 heavy (non-hydrogen) atoms. The Bertz CT molecular complexity index is 776. The van der Waals surface area contributed by atoms with Crippen molar-refractivity contribution in [2.75, 3.05) is 42.6 Å². The van der Waals surface area contributed by atoms with E-state index in [9.17, 15) is 14.4 Å². The minimum absolute atomic E-state index is 0.0472. The van der Waals surface area contributed by atoms with E-state index < -0.39 is 6.03 Å². The van der Waals surface area contributed by atoms with Gasteiger partial charge in [0, 0.05) is 42.7 Å². The zero-order chi connectivity index (χ0) is 19.1. The molecular formula is C18H21N5O3S. The highest BCUT2D eigenvalue weighted by molar-refractivity contribution is 7.99. The maximum Gasteiger partial charge on any atom is 0.327 e. The first-order chi connectivity index (χ1) is 13.1. The number of aromatic nitrogens is 2. The number of imidazole rings is 1. The van der Waals surface area contributed by atoms with Crippen molar-refractivity contribution in [3.05, 3.63) is 49.1 Å². The lowest BCUT2D eigenvalue weighted by atomic mass is 10.2. The maximum atomic E-state index is 12.7. The van der Waals surface area contributed by atoms with E-state index in [0.717, 1.165) is 11.5 Å². The van der Waals surface area contributed by atoms with Crippen molar-refractivity contribution in [1.29, 1.82) is 0 Å². The highest BCUT2D eigenvalue weighted by atomic mass is 32.2. The smallest absolute Gasteiger partial charge is 0.327 e. The summed E-state index contributed by atoms with van der Waals surface area (Å²) in [4.78, 5) is 44.4. The molecule has 1 aromatic carbocycles. The average molecular weight is 387 g/mol. The molecule has 1 fully saturated rings. The third-order valence-corrected chi connectivity index (χ3v) is 5.10. The van der Waals surface area contributed by atoms with Crippen LogP contribution in [-0.2, 0) is 9.59 Å². The molecular weight excluding hydrogens is 366 g/mol. The highest BCUT2D eigenvalue weighted by Crippen LogP contribution is 2.15. The molecule has 0 aliphatic carbocycles. The standard InChI is InChI=1S/C18H21N5O3S/c24-16(12-20-18(26)22-7-6-19-14-22)23(15-4-2-1-3-5-15)13-17(25)21-8-10-27-11-9-21/h1-7,14H,8-13H2,(H,20,26). The number of thioether (sulfide) groups is 1. The lowest BCUT2D eigenvalue weighted by Crippen LogP contribution is -2.48. The molecule has 0 unspecified atom stereocenters. The second kappa shape index (κ2) is 9.22. The van der Waals surface area contributed by atoms with E-state index in [2.05, 4.69) is 10.3 Å². The first-order valence-corrected chi connectivity index (χ1v) is 9.78. The number of nitrogens with one attached hydrogen (secondary N) is 1. The van der Waals surface area contributed by atoms with Crippen LogP contribution in [-0.4, -0.2) is 70.0 Å². The quantitative estimate of drug-likeness (QED) is 0.829. The number of carbonyl (C=O) groups is 3. The van der Waals surface area contributed by atoms with Crippen LogP contribution in [0.5, 0.6) is 0 Å². The number of para-hydroxylation sites is 1. The number of rotatable bonds is 5. The molecule has 0 saturated carbocycles. The van der Waals surface area contributed by atoms with Gasteiger partial charge >= 0.3 is 6.03 Å². The fourth-order valence-electron chi connectivity index (χ4n) is 2.70. The number of amides is 3. The molecule has 142 valence electrons. The predicted molar refractivity (Wildman–Crippen MR) is 104 cm³/mol. The van der Waals surface area contributed by atoms with Gasteiger partial charge in [0.15, 0.2) is 0 Å². The fraction of sp³-hybridized carbons (Fsp3) is 0.333. The number of hydrogen-bond acceptors (Lipinski definition) is 5. The number of benzene rings is 1. The second-order valence-electron chi connectivity index (χ2n) is 5.94. The van der Waals surface area contributed by atoms with Crippen LogP contribution in [0.1, 0.15) is 0 Å². The van der Waals surface area contributed by atoms with E-state index in [1.807, 2.05) is 30.0 Å². The van der Waals surface area contributed by atoms with Crippen molar-refractivity contribution >= 4 is 35.3 Å². The summed E-state index contributed by atoms with van der Waals surface area (Å²) in [6.07, 6.45) is 4.33. The van der Waals surface area contributed by atoms with Crippen molar-refractivity contribution in [1.82, 2.24) is 19.8 Å². The third-order valence-electron chi connectivity index (χ3n) is 4.16. The number of hydrogen-bond donors (Lipinski definition) is 1. The molecule has 1 aliphatic heterocycles. The molecule has 0 atom stereocenters. The Balaban J connectivity index is 1.66. The summed E-state index contributed by atoms with van der Waals surface area (Å²) < 4.78 is 1.25. The Labute approximate surface area is 161 Å². The first kappa shape index (κ1) is 19.0. The normalized spacial score (nSPS) is 13.9. The molecule has 3 amide bonds. The van der Waals surface area contributed by atoms with Crippen LogP contribution >= 0.6 is 11.8 Å². The zero-order valence-corrected chi connectivity index (χ0v) is 15.6. The van der Waals surface area contributed by atoms with Gasteiger partial charge in [-0.05, 0) is 12.1 Å². The van der Waals surface area contributed by atoms with Gasteiger partial charge in [0.2, 0.25) is 11.8 Å². The minimum Gasteiger partial charge on any atom is -0.339 e. The monoisotopic (exact) mass is 387 g/mol. The molecule has 2 aromatic rings. The summed E-state index contributed by atoms with van der Waals surface area (Å²) in [5, 5.41) is 2.55. The summed E-state index contributed by atoms with van der Waals surface area (Å²) in [5.41, 5.74) is 0.624. The van der Waals surface area contributed by atoms with E-state index in [1.165, 1.54) is 28.2 Å². The fourth-order valence-corrected chi connectivity index (χ4v) is 3.60. The van der Waals surface area contributed by atoms with Crippen LogP contribution < -0.4 is 10.2 Å². The van der Waals surface area contributed by atoms with Crippen molar-refractivity contribution in [2.24, 2.45) is 0 Å². The molecule has 3 rings (SSSR count). The molecule has 9 heteroatoms. The van der Waals surface area contributed by atoms with E-state index in [0.29, 0.717) is 18.8 Å². The average Bonchev–Trinajstić information content (AvgIpc) is 3.26. The molecule has 1 saturated heterocycles. The van der Waals surface area contributed by atoms with Crippen LogP contribution in [0, 0.1) is 0 Å². The van der Waals surface area contributed by atoms with Gasteiger partial charge in [-0.1, -0.05) is 18.2 Å². The van der Waals surface area contributed by atoms with Gasteiger partial charge in [-0.15, -0.1) is 0 Å². The molecule has 1 aromatic heterocycles. The predicted octanol–water partition coefficient (Wildman–Crippen LogP) is 1.05. The van der Waals surface area contributed by atoms with Gasteiger partial charge in [-0.25, -0.2) is 9.78 Å². The molecule has 1 aliphatic rings. The lowest BCUT2D eigenvalue weighted by molar-refractivity contribution is -0.131. The summed E-state index contributed by atoms with van der Waals surface area (Å²) in [6.45, 7) is 1.12. The van der Waals surface area contributed by atoms with E-state index in [-0.39, 0.29) is 24.9 Å². The lowest BCUT2D eigenvalue weighted by Gasteiger charge is -2.30. The zero-order valence-electron chi connectivity index (χ0n) is 14.8. The number of carbonyl (C=O) groups excluding carboxylic acids is 3. The van der Waals surface area contributed by atoms with E-state index in [1.54, 1.807) is 17.0 Å². The Morgan fingerprint density at radius 1 is 1.15 bits per heavy atom. The third kappa shape index (κ3) is 5.10. The Morgan fingerprint density at radius 2 is 1.89 bits per heavy atom. The highest BCUT2D eigenvalue weighted by Gasteiger charge is 2.24.